The van der Waals surface area contributed by atoms with Crippen LogP contribution in [0.5, 0.6) is 0 Å². The zero-order valence-electron chi connectivity index (χ0n) is 14.3. The van der Waals surface area contributed by atoms with Gasteiger partial charge in [-0.2, -0.15) is 0 Å². The summed E-state index contributed by atoms with van der Waals surface area (Å²) in [5.74, 6) is 3.74. The lowest BCUT2D eigenvalue weighted by Crippen LogP contribution is -2.47. The Morgan fingerprint density at radius 1 is 1.05 bits per heavy atom. The van der Waals surface area contributed by atoms with Gasteiger partial charge in [0.2, 0.25) is 0 Å². The first-order valence-corrected chi connectivity index (χ1v) is 8.63. The van der Waals surface area contributed by atoms with Gasteiger partial charge in [-0.3, -0.25) is 0 Å². The van der Waals surface area contributed by atoms with Crippen molar-refractivity contribution in [3.05, 3.63) is 23.3 Å². The van der Waals surface area contributed by atoms with Crippen molar-refractivity contribution in [3.8, 4) is 0 Å². The molecule has 5 aliphatic carbocycles. The van der Waals surface area contributed by atoms with Crippen LogP contribution in [0.1, 0.15) is 67.2 Å². The predicted molar refractivity (Wildman–Crippen MR) is 87.5 cm³/mol. The molecule has 0 nitrogen and oxygen atoms in total. The first kappa shape index (κ1) is 14.4. The van der Waals surface area contributed by atoms with Gasteiger partial charge in [-0.1, -0.05) is 57.9 Å². The molecule has 2 fully saturated rings. The van der Waals surface area contributed by atoms with Crippen molar-refractivity contribution in [2.45, 2.75) is 67.2 Å². The second-order valence-electron chi connectivity index (χ2n) is 8.94. The number of allylic oxidation sites excluding steroid dienone is 4. The molecular formula is C20H32. The molecule has 4 unspecified atom stereocenters. The highest BCUT2D eigenvalue weighted by Crippen LogP contribution is 2.62. The molecule has 2 saturated carbocycles. The molecule has 4 atom stereocenters. The largest absolute Gasteiger partial charge is 0.0850 e. The molecule has 0 heteroatoms. The fourth-order valence-corrected chi connectivity index (χ4v) is 5.00. The van der Waals surface area contributed by atoms with Crippen molar-refractivity contribution < 1.29 is 0 Å². The Bertz CT molecular complexity index is 460. The van der Waals surface area contributed by atoms with Gasteiger partial charge in [0, 0.05) is 0 Å². The van der Waals surface area contributed by atoms with Gasteiger partial charge in [-0.15, -0.1) is 0 Å². The monoisotopic (exact) mass is 272 g/mol. The quantitative estimate of drug-likeness (QED) is 0.475. The van der Waals surface area contributed by atoms with E-state index in [1.807, 2.05) is 0 Å². The van der Waals surface area contributed by atoms with Gasteiger partial charge in [-0.25, -0.2) is 0 Å². The summed E-state index contributed by atoms with van der Waals surface area (Å²) in [5, 5.41) is 0. The van der Waals surface area contributed by atoms with E-state index >= 15 is 0 Å². The minimum Gasteiger partial charge on any atom is -0.0850 e. The van der Waals surface area contributed by atoms with Crippen LogP contribution in [0.2, 0.25) is 0 Å². The van der Waals surface area contributed by atoms with Crippen LogP contribution < -0.4 is 0 Å². The topological polar surface area (TPSA) is 0 Å². The van der Waals surface area contributed by atoms with Crippen LogP contribution in [0.3, 0.4) is 0 Å². The molecule has 0 saturated heterocycles. The van der Waals surface area contributed by atoms with Crippen molar-refractivity contribution in [1.82, 2.24) is 0 Å². The van der Waals surface area contributed by atoms with Crippen LogP contribution >= 0.6 is 0 Å². The number of hydrogen-bond donors (Lipinski definition) is 0. The van der Waals surface area contributed by atoms with E-state index in [0.717, 1.165) is 23.7 Å². The van der Waals surface area contributed by atoms with E-state index in [9.17, 15) is 0 Å². The predicted octanol–water partition coefficient (Wildman–Crippen LogP) is 6.00. The van der Waals surface area contributed by atoms with Crippen molar-refractivity contribution in [3.63, 3.8) is 0 Å². The average Bonchev–Trinajstić information content (AvgIpc) is 2.91. The summed E-state index contributed by atoms with van der Waals surface area (Å²) in [7, 11) is 0. The molecule has 0 aromatic carbocycles. The summed E-state index contributed by atoms with van der Waals surface area (Å²) >= 11 is 0. The SMILES string of the molecule is CC1=CCC2CC1C2(C)C.CC1C=C2C(CC1)C2(C)C. The minimum absolute atomic E-state index is 0.588. The Kier molecular flexibility index (Phi) is 3.23. The van der Waals surface area contributed by atoms with E-state index in [1.54, 1.807) is 11.1 Å². The lowest BCUT2D eigenvalue weighted by Gasteiger charge is -2.56. The highest BCUT2D eigenvalue weighted by Gasteiger charge is 2.52. The van der Waals surface area contributed by atoms with Crippen molar-refractivity contribution in [2.24, 2.45) is 34.5 Å². The van der Waals surface area contributed by atoms with E-state index in [-0.39, 0.29) is 0 Å². The summed E-state index contributed by atoms with van der Waals surface area (Å²) in [6, 6.07) is 0. The summed E-state index contributed by atoms with van der Waals surface area (Å²) in [5.41, 5.74) is 4.61. The minimum atomic E-state index is 0.588. The molecule has 20 heavy (non-hydrogen) atoms. The van der Waals surface area contributed by atoms with E-state index < -0.39 is 0 Å². The molecule has 0 aliphatic heterocycles. The van der Waals surface area contributed by atoms with Gasteiger partial charge in [0.15, 0.2) is 0 Å². The number of rotatable bonds is 0. The van der Waals surface area contributed by atoms with Gasteiger partial charge in [0.25, 0.3) is 0 Å². The molecule has 0 heterocycles. The first-order valence-electron chi connectivity index (χ1n) is 8.63. The smallest absolute Gasteiger partial charge is 0.00759 e. The zero-order chi connectivity index (χ0) is 14.7. The van der Waals surface area contributed by atoms with Gasteiger partial charge >= 0.3 is 0 Å². The van der Waals surface area contributed by atoms with E-state index in [2.05, 4.69) is 53.7 Å². The van der Waals surface area contributed by atoms with E-state index in [1.165, 1.54) is 25.7 Å². The second kappa shape index (κ2) is 4.49. The molecule has 5 rings (SSSR count). The standard InChI is InChI=1S/2C10H16/c1-7-4-5-8-6-9(7)10(8,2)3;1-7-4-5-8-9(6-7)10(8,2)3/h4,8-9H,5-6H2,1-3H3;6-8H,4-5H2,1-3H3. The third kappa shape index (κ3) is 2.11. The normalized spacial score (nSPS) is 42.1. The second-order valence-corrected chi connectivity index (χ2v) is 8.94. The van der Waals surface area contributed by atoms with Gasteiger partial charge in [0.1, 0.15) is 0 Å². The third-order valence-electron chi connectivity index (χ3n) is 7.03. The molecule has 0 aromatic rings. The molecule has 2 bridgehead atoms. The maximum absolute atomic E-state index is 2.49. The molecular weight excluding hydrogens is 240 g/mol. The van der Waals surface area contributed by atoms with Crippen molar-refractivity contribution in [2.75, 3.05) is 0 Å². The van der Waals surface area contributed by atoms with Crippen LogP contribution in [0.25, 0.3) is 0 Å². The van der Waals surface area contributed by atoms with E-state index in [0.29, 0.717) is 10.8 Å². The van der Waals surface area contributed by atoms with Gasteiger partial charge < -0.3 is 0 Å². The highest BCUT2D eigenvalue weighted by molar-refractivity contribution is 5.37. The molecule has 0 amide bonds. The van der Waals surface area contributed by atoms with Crippen molar-refractivity contribution >= 4 is 0 Å². The first-order chi connectivity index (χ1) is 9.24. The lowest BCUT2D eigenvalue weighted by atomic mass is 9.49. The third-order valence-corrected chi connectivity index (χ3v) is 7.03. The van der Waals surface area contributed by atoms with Crippen LogP contribution in [0.15, 0.2) is 23.3 Å². The van der Waals surface area contributed by atoms with Crippen LogP contribution in [0, 0.1) is 34.5 Å². The van der Waals surface area contributed by atoms with Gasteiger partial charge in [-0.05, 0) is 67.1 Å². The maximum Gasteiger partial charge on any atom is -0.00759 e. The summed E-state index contributed by atoms with van der Waals surface area (Å²) in [4.78, 5) is 0. The highest BCUT2D eigenvalue weighted by atomic mass is 14.6. The van der Waals surface area contributed by atoms with Crippen molar-refractivity contribution in [1.29, 1.82) is 0 Å². The van der Waals surface area contributed by atoms with E-state index in [4.69, 9.17) is 0 Å². The molecule has 112 valence electrons. The molecule has 0 spiro atoms. The molecule has 5 aliphatic rings. The summed E-state index contributed by atoms with van der Waals surface area (Å²) in [6.45, 7) is 14.2. The Morgan fingerprint density at radius 3 is 2.15 bits per heavy atom. The molecule has 0 N–H and O–H groups in total. The lowest BCUT2D eigenvalue weighted by molar-refractivity contribution is -0.00579. The Balaban J connectivity index is 0.000000121. The van der Waals surface area contributed by atoms with Gasteiger partial charge in [0.05, 0.1) is 0 Å². The Labute approximate surface area is 125 Å². The molecule has 0 radical (unpaired) electrons. The fourth-order valence-electron chi connectivity index (χ4n) is 5.00. The summed E-state index contributed by atoms with van der Waals surface area (Å²) in [6.07, 6.45) is 10.6. The number of fused-ring (bicyclic) bond motifs is 2. The van der Waals surface area contributed by atoms with Crippen LogP contribution in [-0.4, -0.2) is 0 Å². The average molecular weight is 272 g/mol. The van der Waals surface area contributed by atoms with Crippen LogP contribution in [0.4, 0.5) is 0 Å². The van der Waals surface area contributed by atoms with Crippen LogP contribution in [-0.2, 0) is 0 Å². The Morgan fingerprint density at radius 2 is 1.75 bits per heavy atom. The fraction of sp³-hybridized carbons (Fsp3) is 0.800. The zero-order valence-corrected chi connectivity index (χ0v) is 14.3. The summed E-state index contributed by atoms with van der Waals surface area (Å²) < 4.78 is 0. The maximum atomic E-state index is 2.49. The Hall–Kier alpha value is -0.520. The molecule has 0 aromatic heterocycles. The number of hydrogen-bond acceptors (Lipinski definition) is 0.